The van der Waals surface area contributed by atoms with Gasteiger partial charge in [0.2, 0.25) is 0 Å². The minimum absolute atomic E-state index is 0.514. The maximum Gasteiger partial charge on any atom is 0.175 e. The molecule has 1 heterocycles. The van der Waals surface area contributed by atoms with Gasteiger partial charge in [0, 0.05) is 11.3 Å². The van der Waals surface area contributed by atoms with E-state index >= 15 is 0 Å². The van der Waals surface area contributed by atoms with Crippen LogP contribution in [0.15, 0.2) is 66.7 Å². The Bertz CT molecular complexity index is 1150. The van der Waals surface area contributed by atoms with E-state index in [0.717, 1.165) is 33.2 Å². The van der Waals surface area contributed by atoms with E-state index < -0.39 is 0 Å². The number of aromatic nitrogens is 1. The first-order valence-corrected chi connectivity index (χ1v) is 10.6. The number of nitrogens with one attached hydrogen (secondary N) is 2. The summed E-state index contributed by atoms with van der Waals surface area (Å²) in [4.78, 5) is 4.74. The van der Waals surface area contributed by atoms with E-state index in [1.165, 1.54) is 10.3 Å². The predicted molar refractivity (Wildman–Crippen MR) is 127 cm³/mol. The fourth-order valence-electron chi connectivity index (χ4n) is 2.99. The summed E-state index contributed by atoms with van der Waals surface area (Å²) in [6.07, 6.45) is 0. The Hall–Kier alpha value is -2.96. The average Bonchev–Trinajstić information content (AvgIpc) is 3.13. The van der Waals surface area contributed by atoms with Gasteiger partial charge in [0.25, 0.3) is 0 Å². The van der Waals surface area contributed by atoms with Crippen LogP contribution >= 0.6 is 23.6 Å². The number of hydrogen-bond acceptors (Lipinski definition) is 4. The highest BCUT2D eigenvalue weighted by molar-refractivity contribution is 7.80. The molecule has 6 heteroatoms. The SMILES string of the molecule is CCOc1ccccc1NC(=S)Nc1ccc(-c2nc3ccc(C)cc3s2)cc1. The van der Waals surface area contributed by atoms with Crippen LogP contribution in [0, 0.1) is 6.92 Å². The second-order valence-corrected chi connectivity index (χ2v) is 8.01. The van der Waals surface area contributed by atoms with Crippen molar-refractivity contribution in [3.8, 4) is 16.3 Å². The fourth-order valence-corrected chi connectivity index (χ4v) is 4.28. The van der Waals surface area contributed by atoms with Gasteiger partial charge < -0.3 is 15.4 Å². The summed E-state index contributed by atoms with van der Waals surface area (Å²) in [7, 11) is 0. The molecule has 4 aromatic rings. The van der Waals surface area contributed by atoms with Crippen LogP contribution in [-0.2, 0) is 0 Å². The van der Waals surface area contributed by atoms with E-state index in [1.807, 2.05) is 43.3 Å². The summed E-state index contributed by atoms with van der Waals surface area (Å²) in [5.41, 5.74) is 5.13. The maximum absolute atomic E-state index is 5.63. The Morgan fingerprint density at radius 2 is 1.83 bits per heavy atom. The molecule has 29 heavy (non-hydrogen) atoms. The number of thiocarbonyl (C=S) groups is 1. The summed E-state index contributed by atoms with van der Waals surface area (Å²) in [5.74, 6) is 0.778. The zero-order chi connectivity index (χ0) is 20.2. The third kappa shape index (κ3) is 4.55. The first-order chi connectivity index (χ1) is 14.1. The van der Waals surface area contributed by atoms with Gasteiger partial charge in [-0.25, -0.2) is 4.98 Å². The lowest BCUT2D eigenvalue weighted by Gasteiger charge is -2.14. The second kappa shape index (κ2) is 8.59. The number of nitrogens with zero attached hydrogens (tertiary/aromatic N) is 1. The standard InChI is InChI=1S/C23H21N3OS2/c1-3-27-20-7-5-4-6-18(20)26-23(28)24-17-11-9-16(10-12-17)22-25-19-13-8-15(2)14-21(19)29-22/h4-14H,3H2,1-2H3,(H2,24,26,28). The van der Waals surface area contributed by atoms with Crippen molar-refractivity contribution in [1.82, 2.24) is 4.98 Å². The lowest BCUT2D eigenvalue weighted by molar-refractivity contribution is 0.342. The lowest BCUT2D eigenvalue weighted by Crippen LogP contribution is -2.19. The molecule has 0 aliphatic carbocycles. The third-order valence-corrected chi connectivity index (χ3v) is 5.64. The van der Waals surface area contributed by atoms with Crippen molar-refractivity contribution in [2.24, 2.45) is 0 Å². The molecule has 0 radical (unpaired) electrons. The number of aryl methyl sites for hydroxylation is 1. The van der Waals surface area contributed by atoms with E-state index in [-0.39, 0.29) is 0 Å². The molecule has 146 valence electrons. The van der Waals surface area contributed by atoms with Crippen molar-refractivity contribution in [2.75, 3.05) is 17.2 Å². The first-order valence-electron chi connectivity index (χ1n) is 9.40. The molecule has 0 saturated carbocycles. The molecule has 0 saturated heterocycles. The van der Waals surface area contributed by atoms with Gasteiger partial charge in [0.05, 0.1) is 22.5 Å². The summed E-state index contributed by atoms with van der Waals surface area (Å²) in [5, 5.41) is 7.95. The van der Waals surface area contributed by atoms with Crippen LogP contribution in [0.3, 0.4) is 0 Å². The number of ether oxygens (including phenoxy) is 1. The van der Waals surface area contributed by atoms with Gasteiger partial charge in [-0.15, -0.1) is 11.3 Å². The van der Waals surface area contributed by atoms with Gasteiger partial charge >= 0.3 is 0 Å². The zero-order valence-corrected chi connectivity index (χ0v) is 17.9. The molecular weight excluding hydrogens is 398 g/mol. The van der Waals surface area contributed by atoms with Gasteiger partial charge in [0.1, 0.15) is 10.8 Å². The molecule has 0 bridgehead atoms. The molecule has 1 aromatic heterocycles. The Balaban J connectivity index is 1.46. The van der Waals surface area contributed by atoms with Gasteiger partial charge in [0.15, 0.2) is 5.11 Å². The lowest BCUT2D eigenvalue weighted by atomic mass is 10.2. The summed E-state index contributed by atoms with van der Waals surface area (Å²) < 4.78 is 6.84. The largest absolute Gasteiger partial charge is 0.492 e. The van der Waals surface area contributed by atoms with Crippen LogP contribution in [-0.4, -0.2) is 16.7 Å². The summed E-state index contributed by atoms with van der Waals surface area (Å²) in [6, 6.07) is 22.2. The molecule has 4 rings (SSSR count). The van der Waals surface area contributed by atoms with E-state index in [4.69, 9.17) is 21.9 Å². The van der Waals surface area contributed by atoms with Gasteiger partial charge in [-0.2, -0.15) is 0 Å². The van der Waals surface area contributed by atoms with Crippen molar-refractivity contribution >= 4 is 50.3 Å². The monoisotopic (exact) mass is 419 g/mol. The molecule has 2 N–H and O–H groups in total. The highest BCUT2D eigenvalue weighted by atomic mass is 32.1. The van der Waals surface area contributed by atoms with Crippen molar-refractivity contribution in [3.63, 3.8) is 0 Å². The van der Waals surface area contributed by atoms with E-state index in [1.54, 1.807) is 11.3 Å². The first kappa shape index (κ1) is 19.4. The predicted octanol–water partition coefficient (Wildman–Crippen LogP) is 6.48. The highest BCUT2D eigenvalue weighted by Crippen LogP contribution is 2.31. The Morgan fingerprint density at radius 1 is 1.03 bits per heavy atom. The molecule has 0 unspecified atom stereocenters. The molecule has 0 fully saturated rings. The number of benzene rings is 3. The second-order valence-electron chi connectivity index (χ2n) is 6.58. The average molecular weight is 420 g/mol. The highest BCUT2D eigenvalue weighted by Gasteiger charge is 2.08. The summed E-state index contributed by atoms with van der Waals surface area (Å²) in [6.45, 7) is 4.66. The Kier molecular flexibility index (Phi) is 5.74. The van der Waals surface area contributed by atoms with Crippen LogP contribution in [0.25, 0.3) is 20.8 Å². The normalized spacial score (nSPS) is 10.7. The molecule has 0 aliphatic heterocycles. The zero-order valence-electron chi connectivity index (χ0n) is 16.2. The van der Waals surface area contributed by atoms with Crippen LogP contribution in [0.1, 0.15) is 12.5 Å². The quantitative estimate of drug-likeness (QED) is 0.363. The summed E-state index contributed by atoms with van der Waals surface area (Å²) >= 11 is 7.16. The van der Waals surface area contributed by atoms with E-state index in [0.29, 0.717) is 11.7 Å². The molecule has 0 spiro atoms. The Morgan fingerprint density at radius 3 is 2.62 bits per heavy atom. The number of fused-ring (bicyclic) bond motifs is 1. The van der Waals surface area contributed by atoms with Crippen LogP contribution in [0.4, 0.5) is 11.4 Å². The third-order valence-electron chi connectivity index (χ3n) is 4.37. The van der Waals surface area contributed by atoms with Gasteiger partial charge in [-0.3, -0.25) is 0 Å². The molecule has 0 aliphatic rings. The Labute approximate surface area is 179 Å². The minimum Gasteiger partial charge on any atom is -0.492 e. The van der Waals surface area contributed by atoms with Gasteiger partial charge in [-0.1, -0.05) is 18.2 Å². The number of hydrogen-bond donors (Lipinski definition) is 2. The minimum atomic E-state index is 0.514. The maximum atomic E-state index is 5.63. The van der Waals surface area contributed by atoms with Crippen molar-refractivity contribution in [3.05, 3.63) is 72.3 Å². The van der Waals surface area contributed by atoms with Crippen molar-refractivity contribution in [1.29, 1.82) is 0 Å². The fraction of sp³-hybridized carbons (Fsp3) is 0.130. The van der Waals surface area contributed by atoms with E-state index in [9.17, 15) is 0 Å². The smallest absolute Gasteiger partial charge is 0.175 e. The van der Waals surface area contributed by atoms with Crippen LogP contribution in [0.5, 0.6) is 5.75 Å². The molecule has 0 atom stereocenters. The van der Waals surface area contributed by atoms with Crippen LogP contribution in [0.2, 0.25) is 0 Å². The number of para-hydroxylation sites is 2. The number of rotatable bonds is 5. The molecule has 3 aromatic carbocycles. The number of anilines is 2. The molecular formula is C23H21N3OS2. The van der Waals surface area contributed by atoms with E-state index in [2.05, 4.69) is 47.9 Å². The van der Waals surface area contributed by atoms with Gasteiger partial charge in [-0.05, 0) is 80.2 Å². The van der Waals surface area contributed by atoms with Crippen molar-refractivity contribution in [2.45, 2.75) is 13.8 Å². The van der Waals surface area contributed by atoms with Crippen LogP contribution < -0.4 is 15.4 Å². The molecule has 0 amide bonds. The topological polar surface area (TPSA) is 46.2 Å². The molecule has 4 nitrogen and oxygen atoms in total. The number of thiazole rings is 1. The van der Waals surface area contributed by atoms with Crippen molar-refractivity contribution < 1.29 is 4.74 Å².